The molecule has 140 valence electrons. The van der Waals surface area contributed by atoms with Crippen molar-refractivity contribution < 1.29 is 4.79 Å². The van der Waals surface area contributed by atoms with Crippen LogP contribution in [0.2, 0.25) is 0 Å². The van der Waals surface area contributed by atoms with E-state index in [0.717, 1.165) is 37.6 Å². The second-order valence-electron chi connectivity index (χ2n) is 6.49. The molecule has 1 amide bonds. The fourth-order valence-electron chi connectivity index (χ4n) is 3.20. The lowest BCUT2D eigenvalue weighted by molar-refractivity contribution is 0.102. The van der Waals surface area contributed by atoms with Gasteiger partial charge >= 0.3 is 0 Å². The van der Waals surface area contributed by atoms with Crippen LogP contribution in [0.3, 0.4) is 0 Å². The number of rotatable bonds is 4. The third-order valence-corrected chi connectivity index (χ3v) is 5.15. The van der Waals surface area contributed by atoms with Crippen LogP contribution in [0.15, 0.2) is 41.5 Å². The van der Waals surface area contributed by atoms with E-state index in [1.165, 1.54) is 11.3 Å². The Labute approximate surface area is 161 Å². The van der Waals surface area contributed by atoms with Crippen molar-refractivity contribution >= 4 is 40.0 Å². The van der Waals surface area contributed by atoms with Gasteiger partial charge in [-0.05, 0) is 18.2 Å². The molecular weight excluding hydrogens is 362 g/mol. The monoisotopic (exact) mass is 383 g/mol. The fourth-order valence-corrected chi connectivity index (χ4v) is 3.74. The number of hydrogen-bond acceptors (Lipinski definition) is 7. The largest absolute Gasteiger partial charge is 0.399 e. The number of anilines is 4. The molecule has 0 aliphatic carbocycles. The highest BCUT2D eigenvalue weighted by Gasteiger charge is 2.19. The summed E-state index contributed by atoms with van der Waals surface area (Å²) in [6.45, 7) is 3.55. The highest BCUT2D eigenvalue weighted by atomic mass is 32.1. The van der Waals surface area contributed by atoms with Crippen LogP contribution in [0.4, 0.5) is 22.7 Å². The van der Waals surface area contributed by atoms with E-state index in [-0.39, 0.29) is 5.91 Å². The Bertz CT molecular complexity index is 929. The Kier molecular flexibility index (Phi) is 4.68. The van der Waals surface area contributed by atoms with E-state index in [4.69, 9.17) is 5.73 Å². The van der Waals surface area contributed by atoms with Crippen molar-refractivity contribution in [2.45, 2.75) is 0 Å². The molecule has 0 saturated carbocycles. The quantitative estimate of drug-likeness (QED) is 0.670. The molecule has 3 heterocycles. The Morgan fingerprint density at radius 3 is 2.52 bits per heavy atom. The molecule has 1 aromatic carbocycles. The highest BCUT2D eigenvalue weighted by Crippen LogP contribution is 2.26. The first kappa shape index (κ1) is 17.3. The van der Waals surface area contributed by atoms with Crippen LogP contribution in [-0.4, -0.2) is 46.9 Å². The first-order chi connectivity index (χ1) is 13.1. The SMILES string of the molecule is Cn1cc(N2CCN(c3cc(N)cc(NC(=O)c4cscn4)c3)CC2)cn1. The van der Waals surface area contributed by atoms with Crippen LogP contribution in [0.5, 0.6) is 0 Å². The first-order valence-corrected chi connectivity index (χ1v) is 9.61. The van der Waals surface area contributed by atoms with E-state index in [9.17, 15) is 4.79 Å². The van der Waals surface area contributed by atoms with Crippen LogP contribution in [0, 0.1) is 0 Å². The highest BCUT2D eigenvalue weighted by molar-refractivity contribution is 7.07. The molecule has 0 radical (unpaired) electrons. The number of nitrogen functional groups attached to an aromatic ring is 1. The van der Waals surface area contributed by atoms with Gasteiger partial charge in [0.2, 0.25) is 0 Å². The number of nitrogens with zero attached hydrogens (tertiary/aromatic N) is 5. The van der Waals surface area contributed by atoms with E-state index in [2.05, 4.69) is 25.2 Å². The number of carbonyl (C=O) groups excluding carboxylic acids is 1. The molecule has 1 fully saturated rings. The molecule has 0 bridgehead atoms. The molecule has 2 aromatic heterocycles. The van der Waals surface area contributed by atoms with Crippen molar-refractivity contribution in [2.75, 3.05) is 47.0 Å². The van der Waals surface area contributed by atoms with E-state index >= 15 is 0 Å². The van der Waals surface area contributed by atoms with E-state index in [0.29, 0.717) is 17.1 Å². The van der Waals surface area contributed by atoms with Crippen LogP contribution in [0.1, 0.15) is 10.5 Å². The minimum atomic E-state index is -0.228. The maximum atomic E-state index is 12.2. The zero-order chi connectivity index (χ0) is 18.8. The van der Waals surface area contributed by atoms with Gasteiger partial charge in [-0.15, -0.1) is 11.3 Å². The predicted molar refractivity (Wildman–Crippen MR) is 109 cm³/mol. The smallest absolute Gasteiger partial charge is 0.275 e. The van der Waals surface area contributed by atoms with Crippen molar-refractivity contribution in [3.63, 3.8) is 0 Å². The van der Waals surface area contributed by atoms with Gasteiger partial charge in [-0.2, -0.15) is 5.10 Å². The molecule has 1 aliphatic heterocycles. The molecule has 27 heavy (non-hydrogen) atoms. The fraction of sp³-hybridized carbons (Fsp3) is 0.278. The molecule has 3 N–H and O–H groups in total. The predicted octanol–water partition coefficient (Wildman–Crippen LogP) is 2.04. The number of aryl methyl sites for hydroxylation is 1. The lowest BCUT2D eigenvalue weighted by Crippen LogP contribution is -2.46. The zero-order valence-corrected chi connectivity index (χ0v) is 15.8. The van der Waals surface area contributed by atoms with Gasteiger partial charge in [0, 0.05) is 61.9 Å². The Hall–Kier alpha value is -3.07. The molecule has 3 aromatic rings. The van der Waals surface area contributed by atoms with Crippen molar-refractivity contribution in [3.05, 3.63) is 47.2 Å². The van der Waals surface area contributed by atoms with Gasteiger partial charge in [0.25, 0.3) is 5.91 Å². The molecular formula is C18H21N7OS. The van der Waals surface area contributed by atoms with Gasteiger partial charge in [0.05, 0.1) is 17.4 Å². The lowest BCUT2D eigenvalue weighted by Gasteiger charge is -2.37. The summed E-state index contributed by atoms with van der Waals surface area (Å²) >= 11 is 1.39. The summed E-state index contributed by atoms with van der Waals surface area (Å²) in [5.74, 6) is -0.228. The normalized spacial score (nSPS) is 14.4. The number of amides is 1. The first-order valence-electron chi connectivity index (χ1n) is 8.67. The number of hydrogen-bond donors (Lipinski definition) is 2. The van der Waals surface area contributed by atoms with E-state index < -0.39 is 0 Å². The number of aromatic nitrogens is 3. The zero-order valence-electron chi connectivity index (χ0n) is 15.0. The standard InChI is InChI=1S/C18H21N7OS/c1-23-10-16(9-21-23)25-4-2-24(3-5-25)15-7-13(19)6-14(8-15)22-18(26)17-11-27-12-20-17/h6-12H,2-5,19H2,1H3,(H,22,26). The summed E-state index contributed by atoms with van der Waals surface area (Å²) in [4.78, 5) is 20.9. The second-order valence-corrected chi connectivity index (χ2v) is 7.21. The van der Waals surface area contributed by atoms with Crippen molar-refractivity contribution in [2.24, 2.45) is 7.05 Å². The summed E-state index contributed by atoms with van der Waals surface area (Å²) in [5.41, 5.74) is 11.6. The van der Waals surface area contributed by atoms with E-state index in [1.54, 1.807) is 17.0 Å². The van der Waals surface area contributed by atoms with Gasteiger partial charge in [-0.3, -0.25) is 9.48 Å². The lowest BCUT2D eigenvalue weighted by atomic mass is 10.2. The summed E-state index contributed by atoms with van der Waals surface area (Å²) in [7, 11) is 1.92. The topological polar surface area (TPSA) is 92.3 Å². The van der Waals surface area contributed by atoms with Crippen LogP contribution < -0.4 is 20.9 Å². The van der Waals surface area contributed by atoms with Gasteiger partial charge < -0.3 is 20.9 Å². The number of nitrogens with one attached hydrogen (secondary N) is 1. The Morgan fingerprint density at radius 2 is 1.89 bits per heavy atom. The summed E-state index contributed by atoms with van der Waals surface area (Å²) < 4.78 is 1.82. The minimum Gasteiger partial charge on any atom is -0.399 e. The molecule has 1 saturated heterocycles. The van der Waals surface area contributed by atoms with Crippen LogP contribution >= 0.6 is 11.3 Å². The summed E-state index contributed by atoms with van der Waals surface area (Å²) in [6.07, 6.45) is 3.92. The second kappa shape index (κ2) is 7.28. The molecule has 8 nitrogen and oxygen atoms in total. The number of piperazine rings is 1. The number of carbonyl (C=O) groups is 1. The van der Waals surface area contributed by atoms with Gasteiger partial charge in [0.1, 0.15) is 5.69 Å². The van der Waals surface area contributed by atoms with Crippen molar-refractivity contribution in [1.82, 2.24) is 14.8 Å². The minimum absolute atomic E-state index is 0.228. The van der Waals surface area contributed by atoms with Gasteiger partial charge in [0.15, 0.2) is 0 Å². The molecule has 9 heteroatoms. The third-order valence-electron chi connectivity index (χ3n) is 4.56. The van der Waals surface area contributed by atoms with E-state index in [1.807, 2.05) is 36.3 Å². The number of thiazole rings is 1. The van der Waals surface area contributed by atoms with Gasteiger partial charge in [-0.1, -0.05) is 0 Å². The van der Waals surface area contributed by atoms with Crippen molar-refractivity contribution in [1.29, 1.82) is 0 Å². The molecule has 1 aliphatic rings. The molecule has 0 spiro atoms. The number of benzene rings is 1. The Balaban J connectivity index is 1.45. The van der Waals surface area contributed by atoms with Gasteiger partial charge in [-0.25, -0.2) is 4.98 Å². The average Bonchev–Trinajstić information content (AvgIpc) is 3.33. The summed E-state index contributed by atoms with van der Waals surface area (Å²) in [5, 5.41) is 8.84. The molecule has 4 rings (SSSR count). The van der Waals surface area contributed by atoms with Crippen LogP contribution in [0.25, 0.3) is 0 Å². The maximum Gasteiger partial charge on any atom is 0.275 e. The molecule has 0 unspecified atom stereocenters. The maximum absolute atomic E-state index is 12.2. The van der Waals surface area contributed by atoms with Crippen LogP contribution in [-0.2, 0) is 7.05 Å². The third kappa shape index (κ3) is 3.87. The average molecular weight is 383 g/mol. The molecule has 0 atom stereocenters. The number of nitrogens with two attached hydrogens (primary N) is 1. The summed E-state index contributed by atoms with van der Waals surface area (Å²) in [6, 6.07) is 5.66. The Morgan fingerprint density at radius 1 is 1.15 bits per heavy atom. The van der Waals surface area contributed by atoms with Crippen molar-refractivity contribution in [3.8, 4) is 0 Å².